The van der Waals surface area contributed by atoms with Gasteiger partial charge in [-0.2, -0.15) is 0 Å². The molecule has 4 heteroatoms. The zero-order valence-electron chi connectivity index (χ0n) is 8.00. The van der Waals surface area contributed by atoms with Crippen molar-refractivity contribution in [3.8, 4) is 0 Å². The molecule has 0 aliphatic rings. The predicted octanol–water partition coefficient (Wildman–Crippen LogP) is 2.50. The maximum atomic E-state index is 8.62. The third kappa shape index (κ3) is 2.26. The van der Waals surface area contributed by atoms with Crippen LogP contribution in [0.4, 0.5) is 0 Å². The molecule has 0 heterocycles. The summed E-state index contributed by atoms with van der Waals surface area (Å²) in [6.07, 6.45) is 1.93. The molecule has 0 atom stereocenters. The van der Waals surface area contributed by atoms with Crippen molar-refractivity contribution in [2.75, 3.05) is 0 Å². The number of amidine groups is 1. The van der Waals surface area contributed by atoms with Crippen molar-refractivity contribution in [3.05, 3.63) is 33.8 Å². The predicted molar refractivity (Wildman–Crippen MR) is 60.6 cm³/mol. The highest BCUT2D eigenvalue weighted by Crippen LogP contribution is 2.22. The van der Waals surface area contributed by atoms with Gasteiger partial charge in [-0.3, -0.25) is 0 Å². The van der Waals surface area contributed by atoms with E-state index in [2.05, 4.69) is 28.0 Å². The molecular formula is C10H13BrN2O. The van der Waals surface area contributed by atoms with Gasteiger partial charge in [-0.25, -0.2) is 0 Å². The Morgan fingerprint density at radius 3 is 2.86 bits per heavy atom. The summed E-state index contributed by atoms with van der Waals surface area (Å²) in [5.74, 6) is 0.162. The van der Waals surface area contributed by atoms with Gasteiger partial charge in [0.2, 0.25) is 0 Å². The number of halogens is 1. The van der Waals surface area contributed by atoms with Gasteiger partial charge >= 0.3 is 0 Å². The van der Waals surface area contributed by atoms with Crippen LogP contribution in [0.2, 0.25) is 0 Å². The molecule has 0 aromatic heterocycles. The molecule has 0 fully saturated rings. The molecular weight excluding hydrogens is 244 g/mol. The summed E-state index contributed by atoms with van der Waals surface area (Å²) in [6, 6.07) is 5.68. The Kier molecular flexibility index (Phi) is 3.95. The van der Waals surface area contributed by atoms with Crippen LogP contribution < -0.4 is 5.73 Å². The first-order valence-electron chi connectivity index (χ1n) is 4.46. The third-order valence-electron chi connectivity index (χ3n) is 2.00. The molecule has 0 amide bonds. The fraction of sp³-hybridized carbons (Fsp3) is 0.300. The minimum absolute atomic E-state index is 0.162. The van der Waals surface area contributed by atoms with E-state index in [0.29, 0.717) is 0 Å². The fourth-order valence-corrected chi connectivity index (χ4v) is 1.92. The zero-order chi connectivity index (χ0) is 10.6. The topological polar surface area (TPSA) is 58.6 Å². The van der Waals surface area contributed by atoms with Gasteiger partial charge in [0.15, 0.2) is 5.84 Å². The van der Waals surface area contributed by atoms with Crippen LogP contribution in [0.3, 0.4) is 0 Å². The molecule has 0 spiro atoms. The molecule has 0 unspecified atom stereocenters. The Balaban J connectivity index is 3.21. The summed E-state index contributed by atoms with van der Waals surface area (Å²) in [5, 5.41) is 11.6. The molecule has 14 heavy (non-hydrogen) atoms. The van der Waals surface area contributed by atoms with E-state index in [9.17, 15) is 0 Å². The van der Waals surface area contributed by atoms with E-state index in [-0.39, 0.29) is 5.84 Å². The van der Waals surface area contributed by atoms with Crippen molar-refractivity contribution in [2.45, 2.75) is 19.8 Å². The summed E-state index contributed by atoms with van der Waals surface area (Å²) >= 11 is 3.45. The largest absolute Gasteiger partial charge is 0.409 e. The maximum absolute atomic E-state index is 8.62. The monoisotopic (exact) mass is 256 g/mol. The van der Waals surface area contributed by atoms with Crippen molar-refractivity contribution >= 4 is 21.8 Å². The molecule has 3 N–H and O–H groups in total. The molecule has 1 aromatic rings. The Hall–Kier alpha value is -1.03. The van der Waals surface area contributed by atoms with Crippen molar-refractivity contribution < 1.29 is 5.21 Å². The quantitative estimate of drug-likeness (QED) is 0.378. The van der Waals surface area contributed by atoms with E-state index in [0.717, 1.165) is 28.4 Å². The highest BCUT2D eigenvalue weighted by atomic mass is 79.9. The molecule has 0 saturated heterocycles. The number of nitrogens with two attached hydrogens (primary N) is 1. The molecule has 1 aromatic carbocycles. The van der Waals surface area contributed by atoms with Gasteiger partial charge < -0.3 is 10.9 Å². The summed E-state index contributed by atoms with van der Waals surface area (Å²) in [5.41, 5.74) is 7.46. The summed E-state index contributed by atoms with van der Waals surface area (Å²) < 4.78 is 1.00. The van der Waals surface area contributed by atoms with Gasteiger partial charge in [0.1, 0.15) is 0 Å². The molecule has 0 aliphatic heterocycles. The van der Waals surface area contributed by atoms with Crippen LogP contribution in [0, 0.1) is 0 Å². The highest BCUT2D eigenvalue weighted by molar-refractivity contribution is 9.10. The second kappa shape index (κ2) is 5.00. The molecule has 0 saturated carbocycles. The van der Waals surface area contributed by atoms with E-state index < -0.39 is 0 Å². The Bertz CT molecular complexity index is 350. The van der Waals surface area contributed by atoms with Gasteiger partial charge in [0, 0.05) is 10.0 Å². The minimum Gasteiger partial charge on any atom is -0.409 e. The van der Waals surface area contributed by atoms with Gasteiger partial charge in [0.05, 0.1) is 0 Å². The van der Waals surface area contributed by atoms with Crippen molar-refractivity contribution in [1.29, 1.82) is 0 Å². The zero-order valence-corrected chi connectivity index (χ0v) is 9.58. The molecule has 0 aliphatic carbocycles. The summed E-state index contributed by atoms with van der Waals surface area (Å²) in [4.78, 5) is 0. The van der Waals surface area contributed by atoms with Crippen LogP contribution >= 0.6 is 15.9 Å². The lowest BCUT2D eigenvalue weighted by Crippen LogP contribution is -2.15. The molecule has 1 rings (SSSR count). The number of hydrogen-bond acceptors (Lipinski definition) is 2. The Morgan fingerprint density at radius 2 is 2.29 bits per heavy atom. The number of nitrogens with zero attached hydrogens (tertiary/aromatic N) is 1. The Morgan fingerprint density at radius 1 is 1.57 bits per heavy atom. The SMILES string of the molecule is CCCc1c(Br)cccc1C(N)=NO. The molecule has 76 valence electrons. The van der Waals surface area contributed by atoms with Crippen LogP contribution in [0.15, 0.2) is 27.8 Å². The summed E-state index contributed by atoms with van der Waals surface area (Å²) in [6.45, 7) is 2.09. The van der Waals surface area contributed by atoms with Gasteiger partial charge in [0.25, 0.3) is 0 Å². The lowest BCUT2D eigenvalue weighted by atomic mass is 10.0. The number of oxime groups is 1. The van der Waals surface area contributed by atoms with Gasteiger partial charge in [-0.05, 0) is 18.1 Å². The highest BCUT2D eigenvalue weighted by Gasteiger charge is 2.08. The molecule has 3 nitrogen and oxygen atoms in total. The second-order valence-electron chi connectivity index (χ2n) is 3.00. The third-order valence-corrected chi connectivity index (χ3v) is 2.75. The van der Waals surface area contributed by atoms with E-state index in [4.69, 9.17) is 10.9 Å². The van der Waals surface area contributed by atoms with Crippen LogP contribution in [-0.4, -0.2) is 11.0 Å². The first-order chi connectivity index (χ1) is 6.70. The van der Waals surface area contributed by atoms with Crippen LogP contribution in [0.25, 0.3) is 0 Å². The van der Waals surface area contributed by atoms with Crippen LogP contribution in [-0.2, 0) is 6.42 Å². The van der Waals surface area contributed by atoms with Crippen LogP contribution in [0.5, 0.6) is 0 Å². The molecule has 0 radical (unpaired) electrons. The standard InChI is InChI=1S/C10H13BrN2O/c1-2-4-7-8(10(12)13-14)5-3-6-9(7)11/h3,5-6,14H,2,4H2,1H3,(H2,12,13). The van der Waals surface area contributed by atoms with Crippen LogP contribution in [0.1, 0.15) is 24.5 Å². The summed E-state index contributed by atoms with van der Waals surface area (Å²) in [7, 11) is 0. The lowest BCUT2D eigenvalue weighted by Gasteiger charge is -2.08. The fourth-order valence-electron chi connectivity index (χ4n) is 1.36. The molecule has 0 bridgehead atoms. The van der Waals surface area contributed by atoms with E-state index >= 15 is 0 Å². The average Bonchev–Trinajstić information content (AvgIpc) is 2.20. The Labute approximate surface area is 91.7 Å². The van der Waals surface area contributed by atoms with Crippen molar-refractivity contribution in [1.82, 2.24) is 0 Å². The second-order valence-corrected chi connectivity index (χ2v) is 3.86. The number of hydrogen-bond donors (Lipinski definition) is 2. The smallest absolute Gasteiger partial charge is 0.170 e. The van der Waals surface area contributed by atoms with Gasteiger partial charge in [-0.15, -0.1) is 0 Å². The maximum Gasteiger partial charge on any atom is 0.170 e. The van der Waals surface area contributed by atoms with Gasteiger partial charge in [-0.1, -0.05) is 46.6 Å². The van der Waals surface area contributed by atoms with E-state index in [1.54, 1.807) is 0 Å². The normalized spacial score (nSPS) is 11.7. The van der Waals surface area contributed by atoms with E-state index in [1.807, 2.05) is 18.2 Å². The number of benzene rings is 1. The van der Waals surface area contributed by atoms with Crippen molar-refractivity contribution in [2.24, 2.45) is 10.9 Å². The average molecular weight is 257 g/mol. The van der Waals surface area contributed by atoms with Crippen molar-refractivity contribution in [3.63, 3.8) is 0 Å². The minimum atomic E-state index is 0.162. The first-order valence-corrected chi connectivity index (χ1v) is 5.25. The number of rotatable bonds is 3. The van der Waals surface area contributed by atoms with E-state index in [1.165, 1.54) is 0 Å². The first kappa shape index (κ1) is 11.0. The lowest BCUT2D eigenvalue weighted by molar-refractivity contribution is 0.318.